The predicted molar refractivity (Wildman–Crippen MR) is 104 cm³/mol. The largest absolute Gasteiger partial charge is 0.495 e. The van der Waals surface area contributed by atoms with Crippen molar-refractivity contribution in [1.29, 1.82) is 5.26 Å². The van der Waals surface area contributed by atoms with Gasteiger partial charge in [0.25, 0.3) is 0 Å². The van der Waals surface area contributed by atoms with Crippen LogP contribution in [0.25, 0.3) is 0 Å². The van der Waals surface area contributed by atoms with Gasteiger partial charge in [-0.15, -0.1) is 0 Å². The smallest absolute Gasteiger partial charge is 0.143 e. The lowest BCUT2D eigenvalue weighted by Crippen LogP contribution is -2.51. The van der Waals surface area contributed by atoms with Gasteiger partial charge in [0.05, 0.1) is 18.4 Å². The number of carbonyl (C=O) groups excluding carboxylic acids is 2. The minimum atomic E-state index is 0.142. The van der Waals surface area contributed by atoms with Gasteiger partial charge < -0.3 is 19.2 Å². The van der Waals surface area contributed by atoms with Gasteiger partial charge in [0.15, 0.2) is 0 Å². The Hall–Kier alpha value is -2.06. The van der Waals surface area contributed by atoms with Gasteiger partial charge in [-0.25, -0.2) is 0 Å². The minimum absolute atomic E-state index is 0.142. The molecule has 1 aromatic carbocycles. The molecule has 1 aliphatic carbocycles. The molecular formula is C21H25ClN2O3. The molecule has 0 aromatic heterocycles. The molecule has 27 heavy (non-hydrogen) atoms. The number of nitrogens with zero attached hydrogens (tertiary/aromatic N) is 2. The zero-order valence-corrected chi connectivity index (χ0v) is 16.5. The lowest BCUT2D eigenvalue weighted by Gasteiger charge is -2.49. The molecular weight excluding hydrogens is 364 g/mol. The quantitative estimate of drug-likeness (QED) is 0.717. The van der Waals surface area contributed by atoms with Gasteiger partial charge in [0, 0.05) is 30.5 Å². The topological polar surface area (TPSA) is 70.4 Å². The van der Waals surface area contributed by atoms with Crippen LogP contribution in [-0.4, -0.2) is 32.3 Å². The van der Waals surface area contributed by atoms with E-state index in [1.807, 2.05) is 0 Å². The third kappa shape index (κ3) is 3.43. The third-order valence-corrected chi connectivity index (χ3v) is 6.70. The number of hydrogen-bond donors (Lipinski definition) is 0. The molecule has 0 amide bonds. The van der Waals surface area contributed by atoms with Crippen molar-refractivity contribution < 1.29 is 14.3 Å². The van der Waals surface area contributed by atoms with Crippen LogP contribution in [0.1, 0.15) is 43.7 Å². The van der Waals surface area contributed by atoms with Crippen molar-refractivity contribution >= 4 is 29.9 Å². The van der Waals surface area contributed by atoms with Crippen LogP contribution in [0.5, 0.6) is 5.75 Å². The van der Waals surface area contributed by atoms with E-state index in [0.717, 1.165) is 44.8 Å². The van der Waals surface area contributed by atoms with E-state index in [4.69, 9.17) is 16.3 Å². The van der Waals surface area contributed by atoms with E-state index in [2.05, 4.69) is 17.9 Å². The molecule has 0 spiro atoms. The Kier molecular flexibility index (Phi) is 6.06. The zero-order valence-electron chi connectivity index (χ0n) is 15.8. The molecule has 144 valence electrons. The second-order valence-corrected chi connectivity index (χ2v) is 7.92. The highest BCUT2D eigenvalue weighted by molar-refractivity contribution is 6.35. The number of piperidine rings is 1. The Morgan fingerprint density at radius 2 is 2.11 bits per heavy atom. The average Bonchev–Trinajstić information content (AvgIpc) is 2.68. The molecule has 0 N–H and O–H groups in total. The predicted octanol–water partition coefficient (Wildman–Crippen LogP) is 3.79. The molecule has 4 atom stereocenters. The van der Waals surface area contributed by atoms with E-state index >= 15 is 0 Å². The molecule has 1 unspecified atom stereocenters. The molecule has 2 fully saturated rings. The van der Waals surface area contributed by atoms with Crippen LogP contribution >= 0.6 is 11.6 Å². The van der Waals surface area contributed by atoms with Crippen molar-refractivity contribution in [1.82, 2.24) is 0 Å². The minimum Gasteiger partial charge on any atom is -0.495 e. The molecule has 1 saturated carbocycles. The van der Waals surface area contributed by atoms with E-state index in [1.165, 1.54) is 7.11 Å². The lowest BCUT2D eigenvalue weighted by atomic mass is 9.66. The number of benzene rings is 1. The summed E-state index contributed by atoms with van der Waals surface area (Å²) in [5, 5.41) is 10.1. The highest BCUT2D eigenvalue weighted by Gasteiger charge is 2.42. The standard InChI is InChI=1S/C21H25ClN2O3/c1-13-17-5-3-4-15(12-26)18(17)6-8-24(13)20-16(11-23)10-14(7-9-25)21(27-2)19(20)22/h9-10,12-13,15,17-18H,3-8H2,1-2H3/t13-,15?,17+,18-/m0/s1. The number of hydrogen-bond acceptors (Lipinski definition) is 5. The van der Waals surface area contributed by atoms with E-state index in [1.54, 1.807) is 6.07 Å². The summed E-state index contributed by atoms with van der Waals surface area (Å²) in [7, 11) is 1.52. The molecule has 1 saturated heterocycles. The summed E-state index contributed by atoms with van der Waals surface area (Å²) in [6, 6.07) is 4.13. The van der Waals surface area contributed by atoms with Crippen LogP contribution < -0.4 is 9.64 Å². The molecule has 1 aliphatic heterocycles. The molecule has 2 aliphatic rings. The maximum Gasteiger partial charge on any atom is 0.143 e. The van der Waals surface area contributed by atoms with Crippen molar-refractivity contribution in [2.75, 3.05) is 18.6 Å². The fourth-order valence-corrected chi connectivity index (χ4v) is 5.48. The number of fused-ring (bicyclic) bond motifs is 1. The van der Waals surface area contributed by atoms with Gasteiger partial charge in [0.2, 0.25) is 0 Å². The fourth-order valence-electron chi connectivity index (χ4n) is 5.07. The van der Waals surface area contributed by atoms with Crippen molar-refractivity contribution in [3.63, 3.8) is 0 Å². The number of aldehydes is 2. The summed E-state index contributed by atoms with van der Waals surface area (Å²) < 4.78 is 5.46. The Bertz CT molecular complexity index is 774. The number of halogens is 1. The molecule has 1 heterocycles. The van der Waals surface area contributed by atoms with Crippen molar-refractivity contribution in [3.8, 4) is 11.8 Å². The summed E-state index contributed by atoms with van der Waals surface area (Å²) in [6.45, 7) is 2.91. The number of methoxy groups -OCH3 is 1. The Labute approximate surface area is 165 Å². The summed E-state index contributed by atoms with van der Waals surface area (Å²) in [4.78, 5) is 24.7. The van der Waals surface area contributed by atoms with Crippen molar-refractivity contribution in [2.45, 2.75) is 45.1 Å². The van der Waals surface area contributed by atoms with Crippen molar-refractivity contribution in [3.05, 3.63) is 22.2 Å². The number of anilines is 1. The SMILES string of the molecule is COc1c(CC=O)cc(C#N)c(N2CC[C@H]3C(C=O)CCC[C@@H]3[C@@H]2C)c1Cl. The van der Waals surface area contributed by atoms with E-state index < -0.39 is 0 Å². The normalized spacial score (nSPS) is 27.4. The first-order valence-electron chi connectivity index (χ1n) is 9.52. The summed E-state index contributed by atoms with van der Waals surface area (Å²) in [5.74, 6) is 1.42. The summed E-state index contributed by atoms with van der Waals surface area (Å²) in [5.41, 5.74) is 1.77. The average molecular weight is 389 g/mol. The van der Waals surface area contributed by atoms with Crippen molar-refractivity contribution in [2.24, 2.45) is 17.8 Å². The second kappa shape index (κ2) is 8.31. The zero-order chi connectivity index (χ0) is 19.6. The van der Waals surface area contributed by atoms with E-state index in [0.29, 0.717) is 39.4 Å². The first-order chi connectivity index (χ1) is 13.1. The molecule has 0 radical (unpaired) electrons. The number of ether oxygens (including phenoxy) is 1. The Morgan fingerprint density at radius 3 is 2.74 bits per heavy atom. The van der Waals surface area contributed by atoms with Gasteiger partial charge in [0.1, 0.15) is 29.4 Å². The number of nitriles is 1. The number of carbonyl (C=O) groups is 2. The number of rotatable bonds is 5. The first-order valence-corrected chi connectivity index (χ1v) is 9.90. The monoisotopic (exact) mass is 388 g/mol. The van der Waals surface area contributed by atoms with E-state index in [-0.39, 0.29) is 18.4 Å². The van der Waals surface area contributed by atoms with Crippen LogP contribution in [0, 0.1) is 29.1 Å². The maximum absolute atomic E-state index is 11.5. The highest BCUT2D eigenvalue weighted by Crippen LogP contribution is 2.47. The third-order valence-electron chi connectivity index (χ3n) is 6.35. The summed E-state index contributed by atoms with van der Waals surface area (Å²) >= 11 is 6.67. The fraction of sp³-hybridized carbons (Fsp3) is 0.571. The molecule has 6 heteroatoms. The van der Waals surface area contributed by atoms with Crippen LogP contribution in [0.15, 0.2) is 6.07 Å². The molecule has 5 nitrogen and oxygen atoms in total. The Balaban J connectivity index is 2.02. The molecule has 1 aromatic rings. The summed E-state index contributed by atoms with van der Waals surface area (Å²) in [6.07, 6.45) is 6.11. The lowest BCUT2D eigenvalue weighted by molar-refractivity contribution is -0.115. The van der Waals surface area contributed by atoms with Crippen LogP contribution in [0.2, 0.25) is 5.02 Å². The van der Waals surface area contributed by atoms with Gasteiger partial charge in [-0.05, 0) is 44.1 Å². The maximum atomic E-state index is 11.5. The molecule has 0 bridgehead atoms. The van der Waals surface area contributed by atoms with Gasteiger partial charge in [-0.3, -0.25) is 0 Å². The van der Waals surface area contributed by atoms with Crippen LogP contribution in [0.4, 0.5) is 5.69 Å². The highest BCUT2D eigenvalue weighted by atomic mass is 35.5. The van der Waals surface area contributed by atoms with Crippen LogP contribution in [0.3, 0.4) is 0 Å². The Morgan fingerprint density at radius 1 is 1.33 bits per heavy atom. The van der Waals surface area contributed by atoms with Gasteiger partial charge in [-0.2, -0.15) is 5.26 Å². The van der Waals surface area contributed by atoms with E-state index in [9.17, 15) is 14.9 Å². The van der Waals surface area contributed by atoms with Gasteiger partial charge in [-0.1, -0.05) is 18.0 Å². The van der Waals surface area contributed by atoms with Crippen LogP contribution in [-0.2, 0) is 16.0 Å². The second-order valence-electron chi connectivity index (χ2n) is 7.54. The first kappa shape index (κ1) is 19.7. The molecule has 3 rings (SSSR count). The van der Waals surface area contributed by atoms with Gasteiger partial charge >= 0.3 is 0 Å².